The second-order valence-corrected chi connectivity index (χ2v) is 8.38. The molecule has 1 heterocycles. The van der Waals surface area contributed by atoms with E-state index in [4.69, 9.17) is 12.2 Å². The highest BCUT2D eigenvalue weighted by Crippen LogP contribution is 2.36. The van der Waals surface area contributed by atoms with E-state index in [9.17, 15) is 14.7 Å². The molecule has 0 aliphatic carbocycles. The summed E-state index contributed by atoms with van der Waals surface area (Å²) in [4.78, 5) is 27.0. The molecule has 138 valence electrons. The number of benzene rings is 2. The van der Waals surface area contributed by atoms with Crippen LogP contribution >= 0.6 is 39.9 Å². The lowest BCUT2D eigenvalue weighted by molar-refractivity contribution is -0.129. The third-order valence-electron chi connectivity index (χ3n) is 3.91. The zero-order valence-electron chi connectivity index (χ0n) is 14.2. The molecule has 0 radical (unpaired) electrons. The van der Waals surface area contributed by atoms with Gasteiger partial charge in [-0.25, -0.2) is 0 Å². The van der Waals surface area contributed by atoms with Gasteiger partial charge in [-0.3, -0.25) is 14.5 Å². The Kier molecular flexibility index (Phi) is 5.98. The van der Waals surface area contributed by atoms with Gasteiger partial charge >= 0.3 is 0 Å². The molecule has 2 aromatic rings. The quantitative estimate of drug-likeness (QED) is 0.520. The predicted molar refractivity (Wildman–Crippen MR) is 115 cm³/mol. The first-order valence-electron chi connectivity index (χ1n) is 7.98. The summed E-state index contributed by atoms with van der Waals surface area (Å²) in [6.07, 6.45) is 1.57. The van der Waals surface area contributed by atoms with E-state index in [2.05, 4.69) is 21.2 Å². The third-order valence-corrected chi connectivity index (χ3v) is 5.73. The van der Waals surface area contributed by atoms with E-state index in [1.807, 2.05) is 18.2 Å². The molecule has 5 nitrogen and oxygen atoms in total. The standard InChI is InChI=1S/C19H15BrN2O3S2/c1-11(17(24)21-14-5-3-2-4-6-14)22-18(25)16(27-19(22)26)10-12-9-13(20)7-8-15(12)23/h2-11,23H,1H3,(H,21,24)/b16-10-. The summed E-state index contributed by atoms with van der Waals surface area (Å²) in [5.74, 6) is -0.637. The van der Waals surface area contributed by atoms with Crippen molar-refractivity contribution in [2.24, 2.45) is 0 Å². The highest BCUT2D eigenvalue weighted by atomic mass is 79.9. The maximum Gasteiger partial charge on any atom is 0.266 e. The van der Waals surface area contributed by atoms with E-state index in [-0.39, 0.29) is 17.6 Å². The van der Waals surface area contributed by atoms with Crippen LogP contribution in [0.2, 0.25) is 0 Å². The minimum absolute atomic E-state index is 0.0540. The van der Waals surface area contributed by atoms with Gasteiger partial charge in [-0.2, -0.15) is 0 Å². The number of thioether (sulfide) groups is 1. The van der Waals surface area contributed by atoms with Crippen LogP contribution in [0.5, 0.6) is 5.75 Å². The Morgan fingerprint density at radius 1 is 1.30 bits per heavy atom. The summed E-state index contributed by atoms with van der Waals surface area (Å²) < 4.78 is 1.08. The molecule has 3 rings (SSSR count). The number of carbonyl (C=O) groups is 2. The summed E-state index contributed by atoms with van der Waals surface area (Å²) in [6, 6.07) is 13.2. The lowest BCUT2D eigenvalue weighted by Gasteiger charge is -2.22. The minimum Gasteiger partial charge on any atom is -0.507 e. The Balaban J connectivity index is 1.80. The van der Waals surface area contributed by atoms with Gasteiger partial charge in [0.25, 0.3) is 5.91 Å². The first kappa shape index (κ1) is 19.6. The minimum atomic E-state index is -0.764. The van der Waals surface area contributed by atoms with Crippen molar-refractivity contribution in [2.45, 2.75) is 13.0 Å². The van der Waals surface area contributed by atoms with Crippen molar-refractivity contribution in [3.63, 3.8) is 0 Å². The maximum absolute atomic E-state index is 12.8. The molecule has 0 spiro atoms. The normalized spacial score (nSPS) is 16.7. The number of phenolic OH excluding ortho intramolecular Hbond substituents is 1. The molecular weight excluding hydrogens is 448 g/mol. The fourth-order valence-electron chi connectivity index (χ4n) is 2.48. The Morgan fingerprint density at radius 3 is 2.70 bits per heavy atom. The number of anilines is 1. The van der Waals surface area contributed by atoms with Crippen molar-refractivity contribution in [1.82, 2.24) is 4.90 Å². The van der Waals surface area contributed by atoms with E-state index in [1.165, 1.54) is 11.0 Å². The maximum atomic E-state index is 12.8. The number of carbonyl (C=O) groups excluding carboxylic acids is 2. The zero-order chi connectivity index (χ0) is 19.6. The molecule has 1 aliphatic heterocycles. The fourth-order valence-corrected chi connectivity index (χ4v) is 4.27. The van der Waals surface area contributed by atoms with Crippen LogP contribution < -0.4 is 5.32 Å². The first-order valence-corrected chi connectivity index (χ1v) is 10.00. The number of halogens is 1. The van der Waals surface area contributed by atoms with Crippen molar-refractivity contribution in [2.75, 3.05) is 5.32 Å². The van der Waals surface area contributed by atoms with Gasteiger partial charge in [0.15, 0.2) is 0 Å². The monoisotopic (exact) mass is 462 g/mol. The lowest BCUT2D eigenvalue weighted by Crippen LogP contribution is -2.44. The molecule has 1 atom stereocenters. The molecule has 2 amide bonds. The van der Waals surface area contributed by atoms with Crippen molar-refractivity contribution < 1.29 is 14.7 Å². The molecule has 1 fully saturated rings. The molecule has 8 heteroatoms. The van der Waals surface area contributed by atoms with E-state index >= 15 is 0 Å². The highest BCUT2D eigenvalue weighted by Gasteiger charge is 2.38. The summed E-state index contributed by atoms with van der Waals surface area (Å²) in [6.45, 7) is 1.63. The SMILES string of the molecule is CC(C(=O)Nc1ccccc1)N1C(=O)/C(=C/c2cc(Br)ccc2O)SC1=S. The van der Waals surface area contributed by atoms with Gasteiger partial charge in [0.1, 0.15) is 16.1 Å². The van der Waals surface area contributed by atoms with Gasteiger partial charge < -0.3 is 10.4 Å². The smallest absolute Gasteiger partial charge is 0.266 e. The molecule has 27 heavy (non-hydrogen) atoms. The highest BCUT2D eigenvalue weighted by molar-refractivity contribution is 9.10. The van der Waals surface area contributed by atoms with Crippen LogP contribution in [-0.4, -0.2) is 32.2 Å². The number of aromatic hydroxyl groups is 1. The van der Waals surface area contributed by atoms with E-state index in [0.717, 1.165) is 16.2 Å². The van der Waals surface area contributed by atoms with Crippen LogP contribution in [0.1, 0.15) is 12.5 Å². The lowest BCUT2D eigenvalue weighted by atomic mass is 10.2. The molecule has 1 saturated heterocycles. The van der Waals surface area contributed by atoms with E-state index < -0.39 is 6.04 Å². The van der Waals surface area contributed by atoms with Gasteiger partial charge in [0, 0.05) is 15.7 Å². The summed E-state index contributed by atoms with van der Waals surface area (Å²) in [7, 11) is 0. The number of thiocarbonyl (C=S) groups is 1. The van der Waals surface area contributed by atoms with Crippen molar-refractivity contribution in [1.29, 1.82) is 0 Å². The van der Waals surface area contributed by atoms with Gasteiger partial charge in [-0.1, -0.05) is 58.1 Å². The molecule has 0 saturated carbocycles. The Morgan fingerprint density at radius 2 is 2.00 bits per heavy atom. The van der Waals surface area contributed by atoms with Crippen molar-refractivity contribution in [3.05, 3.63) is 63.5 Å². The van der Waals surface area contributed by atoms with Gasteiger partial charge in [-0.15, -0.1) is 0 Å². The summed E-state index contributed by atoms with van der Waals surface area (Å²) in [5.41, 5.74) is 1.14. The molecule has 0 aromatic heterocycles. The number of hydrogen-bond donors (Lipinski definition) is 2. The number of rotatable bonds is 4. The molecule has 1 unspecified atom stereocenters. The average molecular weight is 463 g/mol. The number of para-hydroxylation sites is 1. The number of hydrogen-bond acceptors (Lipinski definition) is 5. The largest absolute Gasteiger partial charge is 0.507 e. The van der Waals surface area contributed by atoms with Crippen molar-refractivity contribution in [3.8, 4) is 5.75 Å². The second-order valence-electron chi connectivity index (χ2n) is 5.79. The Bertz CT molecular complexity index is 947. The van der Waals surface area contributed by atoms with Crippen LogP contribution in [-0.2, 0) is 9.59 Å². The van der Waals surface area contributed by atoms with E-state index in [1.54, 1.807) is 37.3 Å². The Hall–Kier alpha value is -2.16. The third kappa shape index (κ3) is 4.40. The molecule has 1 aliphatic rings. The molecular formula is C19H15BrN2O3S2. The van der Waals surface area contributed by atoms with E-state index in [0.29, 0.717) is 20.5 Å². The molecule has 2 N–H and O–H groups in total. The predicted octanol–water partition coefficient (Wildman–Crippen LogP) is 4.38. The van der Waals surface area contributed by atoms with Crippen LogP contribution in [0, 0.1) is 0 Å². The van der Waals surface area contributed by atoms with Crippen LogP contribution in [0.25, 0.3) is 6.08 Å². The van der Waals surface area contributed by atoms with Crippen LogP contribution in [0.3, 0.4) is 0 Å². The summed E-state index contributed by atoms with van der Waals surface area (Å²) >= 11 is 9.75. The fraction of sp³-hybridized carbons (Fsp3) is 0.105. The number of amides is 2. The van der Waals surface area contributed by atoms with Gasteiger partial charge in [0.05, 0.1) is 4.91 Å². The average Bonchev–Trinajstić information content (AvgIpc) is 2.92. The zero-order valence-corrected chi connectivity index (χ0v) is 17.4. The topological polar surface area (TPSA) is 69.6 Å². The van der Waals surface area contributed by atoms with Gasteiger partial charge in [-0.05, 0) is 43.3 Å². The molecule has 2 aromatic carbocycles. The summed E-state index contributed by atoms with van der Waals surface area (Å²) in [5, 5.41) is 12.8. The van der Waals surface area contributed by atoms with Crippen molar-refractivity contribution >= 4 is 67.8 Å². The molecule has 0 bridgehead atoms. The first-order chi connectivity index (χ1) is 12.9. The van der Waals surface area contributed by atoms with Gasteiger partial charge in [0.2, 0.25) is 5.91 Å². The van der Waals surface area contributed by atoms with Crippen LogP contribution in [0.4, 0.5) is 5.69 Å². The second kappa shape index (κ2) is 8.24. The number of nitrogens with one attached hydrogen (secondary N) is 1. The van der Waals surface area contributed by atoms with Crippen LogP contribution in [0.15, 0.2) is 57.9 Å². The number of phenols is 1. The number of nitrogens with zero attached hydrogens (tertiary/aromatic N) is 1. The Labute approximate surface area is 174 Å².